The summed E-state index contributed by atoms with van der Waals surface area (Å²) in [6.07, 6.45) is 3.47. The first-order chi connectivity index (χ1) is 11.1. The number of hydrogen-bond acceptors (Lipinski definition) is 3. The Bertz CT molecular complexity index is 578. The van der Waals surface area contributed by atoms with Gasteiger partial charge in [0.1, 0.15) is 0 Å². The maximum absolute atomic E-state index is 12.6. The topological polar surface area (TPSA) is 68.5 Å². The second-order valence-electron chi connectivity index (χ2n) is 6.15. The number of nitrogens with zero attached hydrogens (tertiary/aromatic N) is 5. The number of fused-ring (bicyclic) bond motifs is 1. The van der Waals surface area contributed by atoms with Crippen molar-refractivity contribution in [3.63, 3.8) is 0 Å². The number of amides is 3. The molecule has 23 heavy (non-hydrogen) atoms. The number of imide groups is 1. The highest BCUT2D eigenvalue weighted by atomic mass is 16.5. The molecule has 0 spiro atoms. The largest absolute Gasteiger partial charge is 0.392 e. The molecule has 8 heteroatoms. The maximum atomic E-state index is 12.6. The van der Waals surface area contributed by atoms with E-state index in [0.29, 0.717) is 19.0 Å². The molecule has 0 aliphatic carbocycles. The standard InChI is InChI=1S/C15H24N5O3/c1-17-12-11(13(21)18(2)15(17)22)20(9-10-23-3)14(16-12)19-7-5-4-6-8-19/h11H,4-10H2,1-3H3/q+1. The molecule has 0 aromatic carbocycles. The molecule has 3 rings (SSSR count). The van der Waals surface area contributed by atoms with E-state index in [1.54, 1.807) is 14.2 Å². The Balaban J connectivity index is 2.01. The summed E-state index contributed by atoms with van der Waals surface area (Å²) in [7, 11) is 4.83. The van der Waals surface area contributed by atoms with Gasteiger partial charge in [-0.25, -0.2) is 9.69 Å². The van der Waals surface area contributed by atoms with Crippen molar-refractivity contribution in [3.05, 3.63) is 0 Å². The summed E-state index contributed by atoms with van der Waals surface area (Å²) >= 11 is 0. The van der Waals surface area contributed by atoms with Crippen LogP contribution in [0.2, 0.25) is 0 Å². The highest BCUT2D eigenvalue weighted by molar-refractivity contribution is 6.25. The van der Waals surface area contributed by atoms with Gasteiger partial charge < -0.3 is 4.74 Å². The lowest BCUT2D eigenvalue weighted by Crippen LogP contribution is -2.63. The minimum absolute atomic E-state index is 0.227. The van der Waals surface area contributed by atoms with Gasteiger partial charge in [-0.05, 0) is 19.3 Å². The number of guanidine groups is 1. The van der Waals surface area contributed by atoms with Gasteiger partial charge in [-0.1, -0.05) is 4.99 Å². The van der Waals surface area contributed by atoms with Crippen LogP contribution in [0.15, 0.2) is 4.99 Å². The molecular formula is C15H24N5O3+. The number of methoxy groups -OCH3 is 1. The number of amidine groups is 1. The third-order valence-corrected chi connectivity index (χ3v) is 4.68. The van der Waals surface area contributed by atoms with Crippen LogP contribution in [0.25, 0.3) is 0 Å². The summed E-state index contributed by atoms with van der Waals surface area (Å²) in [5.41, 5.74) is 0. The summed E-state index contributed by atoms with van der Waals surface area (Å²) in [5.74, 6) is 1.09. The molecule has 1 atom stereocenters. The van der Waals surface area contributed by atoms with E-state index in [4.69, 9.17) is 4.74 Å². The highest BCUT2D eigenvalue weighted by Crippen LogP contribution is 2.23. The number of rotatable bonds is 3. The van der Waals surface area contributed by atoms with E-state index < -0.39 is 6.04 Å². The smallest absolute Gasteiger partial charge is 0.381 e. The molecule has 0 bridgehead atoms. The Morgan fingerprint density at radius 2 is 1.87 bits per heavy atom. The van der Waals surface area contributed by atoms with Gasteiger partial charge in [-0.3, -0.25) is 19.2 Å². The van der Waals surface area contributed by atoms with Crippen LogP contribution < -0.4 is 0 Å². The maximum Gasteiger partial charge on any atom is 0.392 e. The highest BCUT2D eigenvalue weighted by Gasteiger charge is 2.55. The molecule has 8 nitrogen and oxygen atoms in total. The summed E-state index contributed by atoms with van der Waals surface area (Å²) in [5, 5.41) is 0. The zero-order valence-corrected chi connectivity index (χ0v) is 14.0. The van der Waals surface area contributed by atoms with Gasteiger partial charge in [0.15, 0.2) is 0 Å². The molecule has 0 aromatic heterocycles. The van der Waals surface area contributed by atoms with Crippen LogP contribution in [0.5, 0.6) is 0 Å². The van der Waals surface area contributed by atoms with Crippen molar-refractivity contribution >= 4 is 23.7 Å². The molecular weight excluding hydrogens is 298 g/mol. The van der Waals surface area contributed by atoms with Crippen LogP contribution in [0, 0.1) is 0 Å². The summed E-state index contributed by atoms with van der Waals surface area (Å²) < 4.78 is 7.42. The number of urea groups is 1. The number of carbonyl (C=O) groups is 2. The molecule has 3 aliphatic rings. The molecule has 0 N–H and O–H groups in total. The number of hydrogen-bond donors (Lipinski definition) is 0. The van der Waals surface area contributed by atoms with Gasteiger partial charge in [0.25, 0.3) is 5.91 Å². The van der Waals surface area contributed by atoms with Crippen molar-refractivity contribution in [2.24, 2.45) is 4.99 Å². The molecule has 2 saturated heterocycles. The average Bonchev–Trinajstić information content (AvgIpc) is 2.96. The van der Waals surface area contributed by atoms with Crippen LogP contribution in [0.3, 0.4) is 0 Å². The van der Waals surface area contributed by atoms with Crippen LogP contribution in [0.1, 0.15) is 19.3 Å². The first-order valence-electron chi connectivity index (χ1n) is 8.07. The Morgan fingerprint density at radius 3 is 2.52 bits per heavy atom. The van der Waals surface area contributed by atoms with E-state index in [-0.39, 0.29) is 11.9 Å². The second kappa shape index (κ2) is 6.27. The van der Waals surface area contributed by atoms with Gasteiger partial charge >= 0.3 is 12.0 Å². The monoisotopic (exact) mass is 322 g/mol. The average molecular weight is 322 g/mol. The van der Waals surface area contributed by atoms with Crippen molar-refractivity contribution in [3.8, 4) is 0 Å². The van der Waals surface area contributed by atoms with Crippen LogP contribution in [-0.4, -0.2) is 96.5 Å². The Morgan fingerprint density at radius 1 is 1.17 bits per heavy atom. The predicted octanol–water partition coefficient (Wildman–Crippen LogP) is -0.208. The summed E-state index contributed by atoms with van der Waals surface area (Å²) in [4.78, 5) is 34.1. The minimum Gasteiger partial charge on any atom is -0.381 e. The number of ether oxygens (including phenoxy) is 1. The van der Waals surface area contributed by atoms with Gasteiger partial charge in [-0.2, -0.15) is 0 Å². The van der Waals surface area contributed by atoms with Crippen LogP contribution in [-0.2, 0) is 9.53 Å². The van der Waals surface area contributed by atoms with Crippen LogP contribution >= 0.6 is 0 Å². The lowest BCUT2D eigenvalue weighted by molar-refractivity contribution is -0.542. The van der Waals surface area contributed by atoms with Crippen molar-refractivity contribution in [1.29, 1.82) is 0 Å². The predicted molar refractivity (Wildman–Crippen MR) is 84.6 cm³/mol. The molecule has 3 amide bonds. The van der Waals surface area contributed by atoms with E-state index in [1.807, 2.05) is 4.90 Å². The van der Waals surface area contributed by atoms with Gasteiger partial charge in [-0.15, -0.1) is 0 Å². The molecule has 2 fully saturated rings. The summed E-state index contributed by atoms with van der Waals surface area (Å²) in [6.45, 7) is 2.95. The Labute approximate surface area is 136 Å². The Kier molecular flexibility index (Phi) is 4.34. The number of likely N-dealkylation sites (N-methyl/N-ethyl adjacent to an activating group) is 2. The lowest BCUT2D eigenvalue weighted by atomic mass is 10.1. The van der Waals surface area contributed by atoms with E-state index in [1.165, 1.54) is 23.3 Å². The lowest BCUT2D eigenvalue weighted by Gasteiger charge is -2.33. The number of piperidine rings is 1. The number of aliphatic imine (C=N–C) groups is 1. The molecule has 0 radical (unpaired) electrons. The normalized spacial score (nSPS) is 25.3. The zero-order chi connectivity index (χ0) is 16.6. The fourth-order valence-corrected chi connectivity index (χ4v) is 3.35. The molecule has 0 aromatic rings. The minimum atomic E-state index is -0.533. The van der Waals surface area contributed by atoms with Crippen molar-refractivity contribution in [1.82, 2.24) is 14.7 Å². The quantitative estimate of drug-likeness (QED) is 0.675. The van der Waals surface area contributed by atoms with E-state index in [9.17, 15) is 9.59 Å². The van der Waals surface area contributed by atoms with Gasteiger partial charge in [0, 0.05) is 21.2 Å². The van der Waals surface area contributed by atoms with E-state index in [2.05, 4.69) is 9.57 Å². The summed E-state index contributed by atoms with van der Waals surface area (Å²) in [6, 6.07) is -0.869. The third kappa shape index (κ3) is 2.60. The SMILES string of the molecule is COCCN1C(=[N+]2CCCCC2)N=C2C1C(=O)N(C)C(=O)N2C. The molecule has 126 valence electrons. The first kappa shape index (κ1) is 15.9. The van der Waals surface area contributed by atoms with Crippen molar-refractivity contribution in [2.75, 3.05) is 47.4 Å². The fraction of sp³-hybridized carbons (Fsp3) is 0.733. The van der Waals surface area contributed by atoms with E-state index >= 15 is 0 Å². The fourth-order valence-electron chi connectivity index (χ4n) is 3.35. The van der Waals surface area contributed by atoms with Crippen molar-refractivity contribution < 1.29 is 18.9 Å². The third-order valence-electron chi connectivity index (χ3n) is 4.68. The van der Waals surface area contributed by atoms with Crippen molar-refractivity contribution in [2.45, 2.75) is 25.3 Å². The van der Waals surface area contributed by atoms with Crippen LogP contribution in [0.4, 0.5) is 4.79 Å². The van der Waals surface area contributed by atoms with E-state index in [0.717, 1.165) is 31.9 Å². The molecule has 1 unspecified atom stereocenters. The van der Waals surface area contributed by atoms with Gasteiger partial charge in [0.2, 0.25) is 11.9 Å². The van der Waals surface area contributed by atoms with Gasteiger partial charge in [0.05, 0.1) is 26.2 Å². The first-order valence-corrected chi connectivity index (χ1v) is 8.07. The molecule has 3 heterocycles. The zero-order valence-electron chi connectivity index (χ0n) is 14.0. The second-order valence-corrected chi connectivity index (χ2v) is 6.15. The molecule has 3 aliphatic heterocycles. The Hall–Kier alpha value is -1.96. The number of carbonyl (C=O) groups excluding carboxylic acids is 2. The molecule has 0 saturated carbocycles.